The molecule has 0 saturated heterocycles. The number of hydrogen-bond acceptors (Lipinski definition) is 2. The minimum Gasteiger partial charge on any atom is -1.00 e. The summed E-state index contributed by atoms with van der Waals surface area (Å²) in [4.78, 5) is 4.29. The first-order valence-electron chi connectivity index (χ1n) is 6.19. The van der Waals surface area contributed by atoms with Crippen LogP contribution in [-0.4, -0.2) is 32.1 Å². The summed E-state index contributed by atoms with van der Waals surface area (Å²) < 4.78 is 0. The molecule has 0 bridgehead atoms. The fraction of sp³-hybridized carbons (Fsp3) is 0.250. The van der Waals surface area contributed by atoms with Crippen molar-refractivity contribution in [3.63, 3.8) is 0 Å². The molecule has 1 aliphatic heterocycles. The minimum atomic E-state index is 0. The number of nitrogens with zero attached hydrogens (tertiary/aromatic N) is 2. The number of anilines is 1. The molecule has 102 valence electrons. The molecule has 1 aliphatic rings. The molecular weight excluding hydrogens is 347 g/mol. The van der Waals surface area contributed by atoms with E-state index in [1.165, 1.54) is 11.3 Å². The van der Waals surface area contributed by atoms with Gasteiger partial charge in [-0.15, -0.1) is 0 Å². The monoisotopic (exact) mass is 367 g/mol. The molecule has 2 rings (SSSR count). The van der Waals surface area contributed by atoms with E-state index in [2.05, 4.69) is 91.8 Å². The van der Waals surface area contributed by atoms with Gasteiger partial charge in [0.2, 0.25) is 0 Å². The van der Waals surface area contributed by atoms with Gasteiger partial charge in [0.1, 0.15) is 0 Å². The van der Waals surface area contributed by atoms with Gasteiger partial charge in [-0.1, -0.05) is 36.4 Å². The van der Waals surface area contributed by atoms with E-state index in [9.17, 15) is 0 Å². The lowest BCUT2D eigenvalue weighted by molar-refractivity contribution is -0.00000365. The van der Waals surface area contributed by atoms with Crippen LogP contribution in [-0.2, 0) is 0 Å². The van der Waals surface area contributed by atoms with Crippen molar-refractivity contribution in [1.82, 2.24) is 4.90 Å². The highest BCUT2D eigenvalue weighted by Crippen LogP contribution is 2.14. The fourth-order valence-corrected chi connectivity index (χ4v) is 1.89. The van der Waals surface area contributed by atoms with Gasteiger partial charge < -0.3 is 33.8 Å². The van der Waals surface area contributed by atoms with Gasteiger partial charge in [0.25, 0.3) is 0 Å². The largest absolute Gasteiger partial charge is 1.00 e. The molecule has 0 amide bonds. The molecule has 19 heavy (non-hydrogen) atoms. The van der Waals surface area contributed by atoms with Gasteiger partial charge in [-0.05, 0) is 30.0 Å². The molecule has 1 heterocycles. The van der Waals surface area contributed by atoms with E-state index in [-0.39, 0.29) is 24.0 Å². The molecular formula is C16H20IN2-. The molecule has 1 atom stereocenters. The standard InChI is InChI=1S/C16H20N2.HI/c1-17(2)15-10-7-14(8-11-15)9-12-16-6-4-5-13-18(16)3;/h4-13,16H,1-3H3;1H/p-1/b12-9+;. The van der Waals surface area contributed by atoms with E-state index in [0.29, 0.717) is 6.04 Å². The average molecular weight is 367 g/mol. The van der Waals surface area contributed by atoms with Crippen molar-refractivity contribution in [2.75, 3.05) is 26.0 Å². The molecule has 1 aromatic carbocycles. The Morgan fingerprint density at radius 3 is 2.37 bits per heavy atom. The van der Waals surface area contributed by atoms with E-state index in [1.807, 2.05) is 0 Å². The molecule has 1 aromatic rings. The highest BCUT2D eigenvalue weighted by atomic mass is 127. The summed E-state index contributed by atoms with van der Waals surface area (Å²) in [6.45, 7) is 0. The molecule has 0 saturated carbocycles. The maximum Gasteiger partial charge on any atom is 0.0654 e. The Morgan fingerprint density at radius 1 is 1.11 bits per heavy atom. The van der Waals surface area contributed by atoms with Crippen molar-refractivity contribution in [2.45, 2.75) is 6.04 Å². The van der Waals surface area contributed by atoms with E-state index >= 15 is 0 Å². The van der Waals surface area contributed by atoms with Crippen LogP contribution < -0.4 is 28.9 Å². The Labute approximate surface area is 133 Å². The van der Waals surface area contributed by atoms with Crippen LogP contribution in [0.25, 0.3) is 6.08 Å². The summed E-state index contributed by atoms with van der Waals surface area (Å²) in [5.74, 6) is 0. The van der Waals surface area contributed by atoms with Crippen molar-refractivity contribution in [3.05, 3.63) is 60.3 Å². The molecule has 0 spiro atoms. The molecule has 1 unspecified atom stereocenters. The Morgan fingerprint density at radius 2 is 1.79 bits per heavy atom. The normalized spacial score (nSPS) is 17.6. The molecule has 0 radical (unpaired) electrons. The summed E-state index contributed by atoms with van der Waals surface area (Å²) >= 11 is 0. The summed E-state index contributed by atoms with van der Waals surface area (Å²) in [6, 6.07) is 8.92. The summed E-state index contributed by atoms with van der Waals surface area (Å²) in [6.07, 6.45) is 12.8. The average Bonchev–Trinajstić information content (AvgIpc) is 2.38. The minimum absolute atomic E-state index is 0. The predicted octanol–water partition coefficient (Wildman–Crippen LogP) is 0.154. The number of hydrogen-bond donors (Lipinski definition) is 0. The van der Waals surface area contributed by atoms with Gasteiger partial charge in [0.05, 0.1) is 6.04 Å². The zero-order valence-electron chi connectivity index (χ0n) is 11.6. The Hall–Kier alpha value is -1.23. The Kier molecular flexibility index (Phi) is 6.15. The topological polar surface area (TPSA) is 6.48 Å². The van der Waals surface area contributed by atoms with Gasteiger partial charge in [-0.3, -0.25) is 0 Å². The third-order valence-corrected chi connectivity index (χ3v) is 3.11. The van der Waals surface area contributed by atoms with Crippen molar-refractivity contribution >= 4 is 11.8 Å². The molecule has 3 heteroatoms. The van der Waals surface area contributed by atoms with Crippen LogP contribution >= 0.6 is 0 Å². The number of benzene rings is 1. The SMILES string of the molecule is CN(C)c1ccc(/C=C/C2C=CC=CN2C)cc1.[I-]. The molecule has 0 fully saturated rings. The van der Waals surface area contributed by atoms with E-state index in [4.69, 9.17) is 0 Å². The number of likely N-dealkylation sites (N-methyl/N-ethyl adjacent to an activating group) is 1. The highest BCUT2D eigenvalue weighted by molar-refractivity contribution is 5.56. The van der Waals surface area contributed by atoms with Gasteiger partial charge in [0, 0.05) is 26.8 Å². The van der Waals surface area contributed by atoms with Crippen LogP contribution in [0, 0.1) is 0 Å². The van der Waals surface area contributed by atoms with Crippen molar-refractivity contribution in [2.24, 2.45) is 0 Å². The van der Waals surface area contributed by atoms with Gasteiger partial charge in [0.15, 0.2) is 0 Å². The second kappa shape index (κ2) is 7.38. The number of rotatable bonds is 3. The van der Waals surface area contributed by atoms with E-state index in [1.54, 1.807) is 0 Å². The van der Waals surface area contributed by atoms with Crippen molar-refractivity contribution in [3.8, 4) is 0 Å². The first-order chi connectivity index (χ1) is 8.66. The smallest absolute Gasteiger partial charge is 0.0654 e. The van der Waals surface area contributed by atoms with Crippen molar-refractivity contribution < 1.29 is 24.0 Å². The summed E-state index contributed by atoms with van der Waals surface area (Å²) in [5, 5.41) is 0. The maximum absolute atomic E-state index is 2.21. The van der Waals surface area contributed by atoms with Gasteiger partial charge in [-0.2, -0.15) is 0 Å². The quantitative estimate of drug-likeness (QED) is 0.703. The fourth-order valence-electron chi connectivity index (χ4n) is 1.89. The Bertz CT molecular complexity index is 472. The Balaban J connectivity index is 0.00000180. The molecule has 0 N–H and O–H groups in total. The highest BCUT2D eigenvalue weighted by Gasteiger charge is 2.05. The molecule has 0 aromatic heterocycles. The van der Waals surface area contributed by atoms with E-state index in [0.717, 1.165) is 0 Å². The van der Waals surface area contributed by atoms with Crippen LogP contribution in [0.1, 0.15) is 5.56 Å². The second-order valence-corrected chi connectivity index (χ2v) is 4.73. The number of halogens is 1. The summed E-state index contributed by atoms with van der Waals surface area (Å²) in [5.41, 5.74) is 2.46. The number of allylic oxidation sites excluding steroid dienone is 2. The predicted molar refractivity (Wildman–Crippen MR) is 79.6 cm³/mol. The first-order valence-corrected chi connectivity index (χ1v) is 6.19. The van der Waals surface area contributed by atoms with Crippen molar-refractivity contribution in [1.29, 1.82) is 0 Å². The molecule has 0 aliphatic carbocycles. The maximum atomic E-state index is 2.21. The lowest BCUT2D eigenvalue weighted by Gasteiger charge is -2.23. The summed E-state index contributed by atoms with van der Waals surface area (Å²) in [7, 11) is 6.20. The van der Waals surface area contributed by atoms with Crippen LogP contribution in [0.3, 0.4) is 0 Å². The van der Waals surface area contributed by atoms with Crippen LogP contribution in [0.5, 0.6) is 0 Å². The lowest BCUT2D eigenvalue weighted by atomic mass is 10.1. The first kappa shape index (κ1) is 15.8. The molecule has 2 nitrogen and oxygen atoms in total. The zero-order valence-corrected chi connectivity index (χ0v) is 13.8. The van der Waals surface area contributed by atoms with Gasteiger partial charge >= 0.3 is 0 Å². The second-order valence-electron chi connectivity index (χ2n) is 4.73. The van der Waals surface area contributed by atoms with Gasteiger partial charge in [-0.25, -0.2) is 0 Å². The van der Waals surface area contributed by atoms with E-state index < -0.39 is 0 Å². The third-order valence-electron chi connectivity index (χ3n) is 3.11. The van der Waals surface area contributed by atoms with Crippen LogP contribution in [0.2, 0.25) is 0 Å². The van der Waals surface area contributed by atoms with Crippen LogP contribution in [0.4, 0.5) is 5.69 Å². The zero-order chi connectivity index (χ0) is 13.0. The lowest BCUT2D eigenvalue weighted by Crippen LogP contribution is -3.00. The third kappa shape index (κ3) is 4.42. The van der Waals surface area contributed by atoms with Crippen LogP contribution in [0.15, 0.2) is 54.8 Å².